The second-order valence-electron chi connectivity index (χ2n) is 7.29. The molecule has 0 atom stereocenters. The number of piperazine rings is 1. The van der Waals surface area contributed by atoms with Gasteiger partial charge in [-0.15, -0.1) is 0 Å². The fourth-order valence-corrected chi connectivity index (χ4v) is 4.05. The van der Waals surface area contributed by atoms with Gasteiger partial charge in [-0.1, -0.05) is 31.4 Å². The first-order chi connectivity index (χ1) is 12.3. The monoisotopic (exact) mass is 338 g/mol. The minimum Gasteiger partial charge on any atom is -0.352 e. The highest BCUT2D eigenvalue weighted by Gasteiger charge is 2.25. The minimum absolute atomic E-state index is 0.344. The second kappa shape index (κ2) is 7.38. The third kappa shape index (κ3) is 3.75. The molecule has 0 N–H and O–H groups in total. The largest absolute Gasteiger partial charge is 0.352 e. The lowest BCUT2D eigenvalue weighted by atomic mass is 9.86. The molecule has 25 heavy (non-hydrogen) atoms. The SMILES string of the molecule is O=C(CC1CCCCC1)N1CCN(c2cnc3ccccc3n2)CC1. The number of amides is 1. The fourth-order valence-electron chi connectivity index (χ4n) is 4.05. The Balaban J connectivity index is 1.34. The van der Waals surface area contributed by atoms with Gasteiger partial charge >= 0.3 is 0 Å². The molecule has 0 bridgehead atoms. The average Bonchev–Trinajstić information content (AvgIpc) is 2.68. The molecule has 1 aromatic carbocycles. The van der Waals surface area contributed by atoms with Crippen molar-refractivity contribution in [3.05, 3.63) is 30.5 Å². The summed E-state index contributed by atoms with van der Waals surface area (Å²) >= 11 is 0. The van der Waals surface area contributed by atoms with Gasteiger partial charge in [0, 0.05) is 32.6 Å². The van der Waals surface area contributed by atoms with Crippen molar-refractivity contribution in [2.24, 2.45) is 5.92 Å². The van der Waals surface area contributed by atoms with Crippen molar-refractivity contribution >= 4 is 22.8 Å². The van der Waals surface area contributed by atoms with E-state index in [1.165, 1.54) is 32.1 Å². The van der Waals surface area contributed by atoms with E-state index in [9.17, 15) is 4.79 Å². The van der Waals surface area contributed by atoms with Gasteiger partial charge in [0.15, 0.2) is 0 Å². The molecule has 0 unspecified atom stereocenters. The maximum absolute atomic E-state index is 12.6. The summed E-state index contributed by atoms with van der Waals surface area (Å²) in [5.74, 6) is 1.87. The van der Waals surface area contributed by atoms with Crippen LogP contribution in [0.25, 0.3) is 11.0 Å². The lowest BCUT2D eigenvalue weighted by Gasteiger charge is -2.36. The normalized spacial score (nSPS) is 19.4. The van der Waals surface area contributed by atoms with Crippen LogP contribution in [0, 0.1) is 5.92 Å². The zero-order chi connectivity index (χ0) is 17.1. The van der Waals surface area contributed by atoms with Crippen LogP contribution in [-0.4, -0.2) is 47.0 Å². The summed E-state index contributed by atoms with van der Waals surface area (Å²) in [7, 11) is 0. The van der Waals surface area contributed by atoms with E-state index in [1.54, 1.807) is 0 Å². The first kappa shape index (κ1) is 16.3. The van der Waals surface area contributed by atoms with E-state index in [0.29, 0.717) is 11.8 Å². The van der Waals surface area contributed by atoms with Crippen molar-refractivity contribution in [1.82, 2.24) is 14.9 Å². The van der Waals surface area contributed by atoms with Crippen LogP contribution in [0.2, 0.25) is 0 Å². The number of fused-ring (bicyclic) bond motifs is 1. The van der Waals surface area contributed by atoms with E-state index in [0.717, 1.165) is 49.5 Å². The van der Waals surface area contributed by atoms with Gasteiger partial charge < -0.3 is 9.80 Å². The first-order valence-corrected chi connectivity index (χ1v) is 9.54. The average molecular weight is 338 g/mol. The molecule has 0 spiro atoms. The highest BCUT2D eigenvalue weighted by Crippen LogP contribution is 2.27. The molecule has 2 aromatic rings. The minimum atomic E-state index is 0.344. The van der Waals surface area contributed by atoms with Crippen LogP contribution < -0.4 is 4.90 Å². The number of benzene rings is 1. The molecule has 2 fully saturated rings. The van der Waals surface area contributed by atoms with Crippen molar-refractivity contribution in [3.63, 3.8) is 0 Å². The summed E-state index contributed by atoms with van der Waals surface area (Å²) in [5.41, 5.74) is 1.85. The highest BCUT2D eigenvalue weighted by molar-refractivity contribution is 5.77. The molecular formula is C20H26N4O. The molecule has 5 nitrogen and oxygen atoms in total. The second-order valence-corrected chi connectivity index (χ2v) is 7.29. The number of carbonyl (C=O) groups is 1. The van der Waals surface area contributed by atoms with E-state index in [4.69, 9.17) is 4.98 Å². The number of anilines is 1. The number of nitrogens with zero attached hydrogens (tertiary/aromatic N) is 4. The van der Waals surface area contributed by atoms with Crippen LogP contribution in [0.1, 0.15) is 38.5 Å². The molecule has 2 aliphatic rings. The number of hydrogen-bond acceptors (Lipinski definition) is 4. The van der Waals surface area contributed by atoms with Crippen LogP contribution in [0.5, 0.6) is 0 Å². The Morgan fingerprint density at radius 2 is 1.72 bits per heavy atom. The van der Waals surface area contributed by atoms with E-state index in [2.05, 4.69) is 9.88 Å². The molecule has 2 heterocycles. The lowest BCUT2D eigenvalue weighted by molar-refractivity contribution is -0.132. The third-order valence-electron chi connectivity index (χ3n) is 5.58. The third-order valence-corrected chi connectivity index (χ3v) is 5.58. The van der Waals surface area contributed by atoms with Crippen LogP contribution in [-0.2, 0) is 4.79 Å². The van der Waals surface area contributed by atoms with Gasteiger partial charge in [0.05, 0.1) is 17.2 Å². The predicted molar refractivity (Wildman–Crippen MR) is 99.5 cm³/mol. The highest BCUT2D eigenvalue weighted by atomic mass is 16.2. The van der Waals surface area contributed by atoms with E-state index < -0.39 is 0 Å². The quantitative estimate of drug-likeness (QED) is 0.862. The molecule has 4 rings (SSSR count). The van der Waals surface area contributed by atoms with Crippen LogP contribution in [0.15, 0.2) is 30.5 Å². The lowest BCUT2D eigenvalue weighted by Crippen LogP contribution is -2.49. The van der Waals surface area contributed by atoms with Crippen molar-refractivity contribution in [3.8, 4) is 0 Å². The molecule has 1 aliphatic carbocycles. The summed E-state index contributed by atoms with van der Waals surface area (Å²) < 4.78 is 0. The molecule has 1 saturated carbocycles. The standard InChI is InChI=1S/C20H26N4O/c25-20(14-16-6-2-1-3-7-16)24-12-10-23(11-13-24)19-15-21-17-8-4-5-9-18(17)22-19/h4-5,8-9,15-16H,1-3,6-7,10-14H2. The Labute approximate surface area is 149 Å². The Hall–Kier alpha value is -2.17. The van der Waals surface area contributed by atoms with E-state index in [1.807, 2.05) is 35.4 Å². The number of carbonyl (C=O) groups excluding carboxylic acids is 1. The van der Waals surface area contributed by atoms with Crippen molar-refractivity contribution in [1.29, 1.82) is 0 Å². The Kier molecular flexibility index (Phi) is 4.81. The van der Waals surface area contributed by atoms with Gasteiger partial charge in [-0.2, -0.15) is 0 Å². The predicted octanol–water partition coefficient (Wildman–Crippen LogP) is 3.25. The first-order valence-electron chi connectivity index (χ1n) is 9.54. The zero-order valence-corrected chi connectivity index (χ0v) is 14.7. The molecule has 132 valence electrons. The summed E-state index contributed by atoms with van der Waals surface area (Å²) in [5, 5.41) is 0. The van der Waals surface area contributed by atoms with Gasteiger partial charge in [0.25, 0.3) is 0 Å². The summed E-state index contributed by atoms with van der Waals surface area (Å²) in [6.45, 7) is 3.26. The molecule has 5 heteroatoms. The summed E-state index contributed by atoms with van der Waals surface area (Å²) in [6, 6.07) is 7.94. The topological polar surface area (TPSA) is 49.3 Å². The van der Waals surface area contributed by atoms with Gasteiger partial charge in [0.2, 0.25) is 5.91 Å². The Bertz CT molecular complexity index is 733. The van der Waals surface area contributed by atoms with Crippen LogP contribution >= 0.6 is 0 Å². The number of para-hydroxylation sites is 2. The van der Waals surface area contributed by atoms with Gasteiger partial charge in [-0.05, 0) is 30.9 Å². The number of aromatic nitrogens is 2. The summed E-state index contributed by atoms with van der Waals surface area (Å²) in [6.07, 6.45) is 9.00. The molecule has 1 aromatic heterocycles. The zero-order valence-electron chi connectivity index (χ0n) is 14.7. The molecular weight excluding hydrogens is 312 g/mol. The van der Waals surface area contributed by atoms with Crippen LogP contribution in [0.4, 0.5) is 5.82 Å². The Morgan fingerprint density at radius 3 is 2.48 bits per heavy atom. The van der Waals surface area contributed by atoms with Gasteiger partial charge in [0.1, 0.15) is 5.82 Å². The molecule has 1 aliphatic heterocycles. The molecule has 1 amide bonds. The maximum Gasteiger partial charge on any atom is 0.222 e. The number of rotatable bonds is 3. The van der Waals surface area contributed by atoms with Gasteiger partial charge in [-0.3, -0.25) is 9.78 Å². The fraction of sp³-hybridized carbons (Fsp3) is 0.550. The van der Waals surface area contributed by atoms with Crippen molar-refractivity contribution < 1.29 is 4.79 Å². The maximum atomic E-state index is 12.6. The Morgan fingerprint density at radius 1 is 1.00 bits per heavy atom. The van der Waals surface area contributed by atoms with Crippen molar-refractivity contribution in [2.75, 3.05) is 31.1 Å². The smallest absolute Gasteiger partial charge is 0.222 e. The molecule has 0 radical (unpaired) electrons. The van der Waals surface area contributed by atoms with Gasteiger partial charge in [-0.25, -0.2) is 4.98 Å². The van der Waals surface area contributed by atoms with E-state index in [-0.39, 0.29) is 0 Å². The van der Waals surface area contributed by atoms with Crippen molar-refractivity contribution in [2.45, 2.75) is 38.5 Å². The van der Waals surface area contributed by atoms with E-state index >= 15 is 0 Å². The summed E-state index contributed by atoms with van der Waals surface area (Å²) in [4.78, 5) is 26.1. The van der Waals surface area contributed by atoms with Crippen LogP contribution in [0.3, 0.4) is 0 Å². The molecule has 1 saturated heterocycles. The number of hydrogen-bond donors (Lipinski definition) is 0.